The van der Waals surface area contributed by atoms with E-state index in [-0.39, 0.29) is 10.0 Å². The van der Waals surface area contributed by atoms with Crippen molar-refractivity contribution in [3.63, 3.8) is 0 Å². The van der Waals surface area contributed by atoms with Crippen molar-refractivity contribution in [2.24, 2.45) is 12.1 Å². The van der Waals surface area contributed by atoms with Gasteiger partial charge in [-0.05, 0) is 48.6 Å². The van der Waals surface area contributed by atoms with Crippen molar-refractivity contribution in [1.29, 1.82) is 0 Å². The largest absolute Gasteiger partial charge is 0.495 e. The summed E-state index contributed by atoms with van der Waals surface area (Å²) < 4.78 is 39.9. The molecule has 1 saturated heterocycles. The Balaban J connectivity index is 1.50. The van der Waals surface area contributed by atoms with Crippen LogP contribution in [-0.4, -0.2) is 62.0 Å². The lowest BCUT2D eigenvalue weighted by molar-refractivity contribution is 0.0730. The fourth-order valence-corrected chi connectivity index (χ4v) is 5.53. The van der Waals surface area contributed by atoms with Gasteiger partial charge in [0.2, 0.25) is 10.0 Å². The van der Waals surface area contributed by atoms with Crippen molar-refractivity contribution < 1.29 is 17.9 Å². The Kier molecular flexibility index (Phi) is 7.39. The molecule has 12 heteroatoms. The van der Waals surface area contributed by atoms with Crippen molar-refractivity contribution in [2.75, 3.05) is 38.7 Å². The summed E-state index contributed by atoms with van der Waals surface area (Å²) in [6.45, 7) is 1.48. The molecule has 2 aromatic carbocycles. The number of nitrogens with zero attached hydrogens (tertiary/aromatic N) is 3. The maximum Gasteiger partial charge on any atom is 0.243 e. The van der Waals surface area contributed by atoms with Gasteiger partial charge in [-0.25, -0.2) is 8.42 Å². The molecule has 0 unspecified atom stereocenters. The van der Waals surface area contributed by atoms with E-state index in [1.165, 1.54) is 4.31 Å². The average molecular weight is 522 g/mol. The normalized spacial score (nSPS) is 15.0. The molecule has 0 amide bonds. The number of aryl methyl sites for hydroxylation is 1. The number of methoxy groups -OCH3 is 1. The Labute approximate surface area is 208 Å². The number of rotatable bonds is 6. The van der Waals surface area contributed by atoms with Crippen LogP contribution < -0.4 is 15.5 Å². The van der Waals surface area contributed by atoms with E-state index >= 15 is 0 Å². The molecular weight excluding hydrogens is 498 g/mol. The molecule has 0 radical (unpaired) electrons. The molecular formula is C22H24ClN5O4S2. The third kappa shape index (κ3) is 5.18. The van der Waals surface area contributed by atoms with Crippen LogP contribution in [0.4, 0.5) is 5.69 Å². The smallest absolute Gasteiger partial charge is 0.243 e. The van der Waals surface area contributed by atoms with Gasteiger partial charge >= 0.3 is 0 Å². The minimum atomic E-state index is -3.60. The molecule has 0 saturated carbocycles. The lowest BCUT2D eigenvalue weighted by atomic mass is 10.2. The Hall–Kier alpha value is -2.70. The van der Waals surface area contributed by atoms with E-state index < -0.39 is 10.0 Å². The quantitative estimate of drug-likeness (QED) is 0.292. The summed E-state index contributed by atoms with van der Waals surface area (Å²) in [5.74, 6) is 0.565. The maximum atomic E-state index is 13.1. The molecule has 2 N–H and O–H groups in total. The Morgan fingerprint density at radius 1 is 1.24 bits per heavy atom. The lowest BCUT2D eigenvalue weighted by Gasteiger charge is -2.26. The zero-order chi connectivity index (χ0) is 24.3. The summed E-state index contributed by atoms with van der Waals surface area (Å²) in [6, 6.07) is 10.3. The first kappa shape index (κ1) is 24.4. The van der Waals surface area contributed by atoms with Gasteiger partial charge in [-0.15, -0.1) is 0 Å². The van der Waals surface area contributed by atoms with E-state index in [1.807, 2.05) is 17.8 Å². The van der Waals surface area contributed by atoms with Crippen LogP contribution in [0.15, 0.2) is 52.6 Å². The number of ether oxygens (including phenoxy) is 2. The highest BCUT2D eigenvalue weighted by molar-refractivity contribution is 7.89. The second kappa shape index (κ2) is 10.3. The van der Waals surface area contributed by atoms with Crippen LogP contribution in [0.25, 0.3) is 10.9 Å². The molecule has 1 aromatic heterocycles. The number of aromatic nitrogens is 1. The fraction of sp³-hybridized carbons (Fsp3) is 0.273. The van der Waals surface area contributed by atoms with Gasteiger partial charge in [0.1, 0.15) is 5.75 Å². The molecule has 0 bridgehead atoms. The zero-order valence-electron chi connectivity index (χ0n) is 18.6. The highest BCUT2D eigenvalue weighted by Crippen LogP contribution is 2.27. The lowest BCUT2D eigenvalue weighted by Crippen LogP contribution is -2.40. The maximum absolute atomic E-state index is 13.1. The van der Waals surface area contributed by atoms with Crippen molar-refractivity contribution >= 4 is 61.8 Å². The number of hydrazone groups is 1. The number of morpholine rings is 1. The summed E-state index contributed by atoms with van der Waals surface area (Å²) in [5.41, 5.74) is 5.08. The van der Waals surface area contributed by atoms with Gasteiger partial charge in [0, 0.05) is 48.5 Å². The summed E-state index contributed by atoms with van der Waals surface area (Å²) in [7, 11) is -0.168. The number of benzene rings is 2. The van der Waals surface area contributed by atoms with Gasteiger partial charge < -0.3 is 19.4 Å². The fourth-order valence-electron chi connectivity index (χ4n) is 3.66. The van der Waals surface area contributed by atoms with Crippen LogP contribution >= 0.6 is 23.8 Å². The third-order valence-corrected chi connectivity index (χ3v) is 7.76. The standard InChI is InChI=1S/C22H24ClN5O4S2/c1-27-14-15(13-24-26-22(33)25-16-3-6-21(31-2)19(23)11-16)18-12-17(4-5-20(18)27)34(29,30)28-7-9-32-10-8-28/h3-6,11-14H,7-10H2,1-2H3,(H2,25,26,33). The van der Waals surface area contributed by atoms with E-state index in [2.05, 4.69) is 15.8 Å². The predicted octanol–water partition coefficient (Wildman–Crippen LogP) is 3.18. The number of sulfonamides is 1. The van der Waals surface area contributed by atoms with Crippen LogP contribution in [0.1, 0.15) is 5.56 Å². The van der Waals surface area contributed by atoms with Crippen LogP contribution in [0.5, 0.6) is 5.75 Å². The first-order chi connectivity index (χ1) is 16.3. The van der Waals surface area contributed by atoms with Gasteiger partial charge in [-0.1, -0.05) is 11.6 Å². The molecule has 0 atom stereocenters. The Morgan fingerprint density at radius 2 is 2.00 bits per heavy atom. The van der Waals surface area contributed by atoms with E-state index in [0.29, 0.717) is 42.8 Å². The van der Waals surface area contributed by atoms with E-state index in [4.69, 9.17) is 33.3 Å². The molecule has 0 aliphatic carbocycles. The Bertz CT molecular complexity index is 1350. The van der Waals surface area contributed by atoms with E-state index in [9.17, 15) is 8.42 Å². The Morgan fingerprint density at radius 3 is 2.71 bits per heavy atom. The van der Waals surface area contributed by atoms with Crippen LogP contribution in [-0.2, 0) is 21.8 Å². The van der Waals surface area contributed by atoms with Crippen molar-refractivity contribution in [1.82, 2.24) is 14.3 Å². The summed E-state index contributed by atoms with van der Waals surface area (Å²) >= 11 is 11.4. The van der Waals surface area contributed by atoms with Crippen LogP contribution in [0.2, 0.25) is 5.02 Å². The second-order valence-electron chi connectivity index (χ2n) is 7.56. The molecule has 34 heavy (non-hydrogen) atoms. The van der Waals surface area contributed by atoms with Gasteiger partial charge in [0.25, 0.3) is 0 Å². The SMILES string of the molecule is COc1ccc(NC(=S)NN=Cc2cn(C)c3ccc(S(=O)(=O)N4CCOCC4)cc23)cc1Cl. The minimum absolute atomic E-state index is 0.240. The summed E-state index contributed by atoms with van der Waals surface area (Å²) in [4.78, 5) is 0.240. The molecule has 0 spiro atoms. The zero-order valence-corrected chi connectivity index (χ0v) is 21.0. The molecule has 3 aromatic rings. The highest BCUT2D eigenvalue weighted by Gasteiger charge is 2.26. The minimum Gasteiger partial charge on any atom is -0.495 e. The number of anilines is 1. The molecule has 1 aliphatic heterocycles. The second-order valence-corrected chi connectivity index (χ2v) is 10.3. The summed E-state index contributed by atoms with van der Waals surface area (Å²) in [6.07, 6.45) is 3.48. The van der Waals surface area contributed by atoms with Gasteiger partial charge in [0.05, 0.1) is 36.5 Å². The van der Waals surface area contributed by atoms with E-state index in [0.717, 1.165) is 16.5 Å². The molecule has 4 rings (SSSR count). The molecule has 2 heterocycles. The number of halogens is 1. The van der Waals surface area contributed by atoms with Crippen LogP contribution in [0.3, 0.4) is 0 Å². The van der Waals surface area contributed by atoms with E-state index in [1.54, 1.807) is 49.7 Å². The molecule has 1 fully saturated rings. The summed E-state index contributed by atoms with van der Waals surface area (Å²) in [5, 5.41) is 8.70. The first-order valence-electron chi connectivity index (χ1n) is 10.4. The van der Waals surface area contributed by atoms with Crippen molar-refractivity contribution in [3.8, 4) is 5.75 Å². The highest BCUT2D eigenvalue weighted by atomic mass is 35.5. The van der Waals surface area contributed by atoms with Crippen molar-refractivity contribution in [3.05, 3.63) is 53.2 Å². The van der Waals surface area contributed by atoms with Crippen molar-refractivity contribution in [2.45, 2.75) is 4.90 Å². The number of hydrogen-bond acceptors (Lipinski definition) is 6. The molecule has 1 aliphatic rings. The predicted molar refractivity (Wildman–Crippen MR) is 137 cm³/mol. The third-order valence-electron chi connectivity index (χ3n) is 5.38. The monoisotopic (exact) mass is 521 g/mol. The number of nitrogens with one attached hydrogen (secondary N) is 2. The van der Waals surface area contributed by atoms with Gasteiger partial charge in [-0.3, -0.25) is 5.43 Å². The average Bonchev–Trinajstić information content (AvgIpc) is 3.14. The number of fused-ring (bicyclic) bond motifs is 1. The van der Waals surface area contributed by atoms with Crippen LogP contribution in [0, 0.1) is 0 Å². The first-order valence-corrected chi connectivity index (χ1v) is 12.6. The molecule has 9 nitrogen and oxygen atoms in total. The van der Waals surface area contributed by atoms with Gasteiger partial charge in [0.15, 0.2) is 5.11 Å². The molecule has 180 valence electrons. The number of thiocarbonyl (C=S) groups is 1. The number of hydrogen-bond donors (Lipinski definition) is 2. The van der Waals surface area contributed by atoms with Gasteiger partial charge in [-0.2, -0.15) is 9.41 Å². The topological polar surface area (TPSA) is 97.2 Å².